The summed E-state index contributed by atoms with van der Waals surface area (Å²) >= 11 is 0. The lowest BCUT2D eigenvalue weighted by Gasteiger charge is -2.52. The number of fused-ring (bicyclic) bond motifs is 4. The van der Waals surface area contributed by atoms with Crippen LogP contribution in [-0.4, -0.2) is 73.1 Å². The van der Waals surface area contributed by atoms with Crippen molar-refractivity contribution < 1.29 is 49.4 Å². The molecule has 3 aliphatic heterocycles. The van der Waals surface area contributed by atoms with E-state index in [-0.39, 0.29) is 48.1 Å². The molecule has 1 aromatic rings. The lowest BCUT2D eigenvalue weighted by molar-refractivity contribution is -0.207. The second kappa shape index (κ2) is 6.36. The first-order chi connectivity index (χ1) is 14.6. The van der Waals surface area contributed by atoms with Gasteiger partial charge in [-0.2, -0.15) is 0 Å². The molecule has 0 saturated carbocycles. The highest BCUT2D eigenvalue weighted by Gasteiger charge is 2.62. The number of aliphatic hydroxyl groups is 2. The van der Waals surface area contributed by atoms with Crippen molar-refractivity contribution in [1.29, 1.82) is 0 Å². The Labute approximate surface area is 175 Å². The summed E-state index contributed by atoms with van der Waals surface area (Å²) in [6, 6.07) is 0. The summed E-state index contributed by atoms with van der Waals surface area (Å²) in [5.74, 6) is -3.83. The van der Waals surface area contributed by atoms with Crippen LogP contribution in [0, 0.1) is 0 Å². The molecule has 164 valence electrons. The molecule has 6 rings (SSSR count). The number of phenolic OH excluding ortho intramolecular Hbond substituents is 2. The van der Waals surface area contributed by atoms with E-state index in [0.717, 1.165) is 0 Å². The standard InChI is InChI=1S/C21H20O10/c1-6-21(29)11(22)4-10(31-6)13-16(21)20(28)15-14(19(13)27)17(25)8-2-7(3-12(23)24)30-5-9(8)18(15)26/h6-7,10-11,22,25-26,29H,2-5H2,1H3,(H,23,24)/t6?,7-,10?,11?,21?/m1/s1. The van der Waals surface area contributed by atoms with Crippen LogP contribution < -0.4 is 0 Å². The molecule has 31 heavy (non-hydrogen) atoms. The molecule has 0 aromatic heterocycles. The van der Waals surface area contributed by atoms with Gasteiger partial charge in [-0.1, -0.05) is 0 Å². The van der Waals surface area contributed by atoms with Crippen LogP contribution in [0.3, 0.4) is 0 Å². The number of aromatic hydroxyl groups is 2. The molecule has 0 amide bonds. The smallest absolute Gasteiger partial charge is 0.305 e. The molecular weight excluding hydrogens is 412 g/mol. The number of phenols is 2. The number of carbonyl (C=O) groups is 3. The van der Waals surface area contributed by atoms with E-state index in [2.05, 4.69) is 0 Å². The normalized spacial score (nSPS) is 33.8. The average molecular weight is 432 g/mol. The maximum absolute atomic E-state index is 13.4. The van der Waals surface area contributed by atoms with E-state index < -0.39 is 70.2 Å². The predicted molar refractivity (Wildman–Crippen MR) is 99.9 cm³/mol. The first-order valence-electron chi connectivity index (χ1n) is 9.90. The number of carbonyl (C=O) groups excluding carboxylic acids is 2. The molecule has 1 fully saturated rings. The summed E-state index contributed by atoms with van der Waals surface area (Å²) in [5, 5.41) is 52.4. The Morgan fingerprint density at radius 2 is 1.77 bits per heavy atom. The molecule has 1 aromatic carbocycles. The summed E-state index contributed by atoms with van der Waals surface area (Å²) in [6.07, 6.45) is -4.53. The molecule has 2 bridgehead atoms. The fourth-order valence-corrected chi connectivity index (χ4v) is 5.27. The molecule has 10 nitrogen and oxygen atoms in total. The minimum atomic E-state index is -2.13. The van der Waals surface area contributed by atoms with E-state index in [9.17, 15) is 34.8 Å². The zero-order valence-corrected chi connectivity index (χ0v) is 16.4. The molecular formula is C21H20O10. The lowest BCUT2D eigenvalue weighted by Crippen LogP contribution is -2.66. The Hall–Kier alpha value is -2.79. The van der Waals surface area contributed by atoms with Crippen LogP contribution in [0.5, 0.6) is 11.5 Å². The monoisotopic (exact) mass is 432 g/mol. The van der Waals surface area contributed by atoms with Crippen molar-refractivity contribution in [2.75, 3.05) is 0 Å². The number of carboxylic acid groups (broad SMARTS) is 1. The van der Waals surface area contributed by atoms with Gasteiger partial charge >= 0.3 is 5.97 Å². The third kappa shape index (κ3) is 2.44. The van der Waals surface area contributed by atoms with Gasteiger partial charge in [0.25, 0.3) is 0 Å². The van der Waals surface area contributed by atoms with Crippen LogP contribution in [0.25, 0.3) is 0 Å². The second-order valence-electron chi connectivity index (χ2n) is 8.43. The zero-order valence-electron chi connectivity index (χ0n) is 16.4. The van der Waals surface area contributed by atoms with Crippen LogP contribution in [-0.2, 0) is 27.3 Å². The van der Waals surface area contributed by atoms with Crippen LogP contribution in [0.4, 0.5) is 0 Å². The third-order valence-electron chi connectivity index (χ3n) is 6.81. The van der Waals surface area contributed by atoms with Gasteiger partial charge < -0.3 is 35.0 Å². The third-order valence-corrected chi connectivity index (χ3v) is 6.81. The minimum Gasteiger partial charge on any atom is -0.507 e. The lowest BCUT2D eigenvalue weighted by atomic mass is 9.63. The van der Waals surface area contributed by atoms with Crippen molar-refractivity contribution in [3.63, 3.8) is 0 Å². The summed E-state index contributed by atoms with van der Waals surface area (Å²) in [4.78, 5) is 37.8. The van der Waals surface area contributed by atoms with Gasteiger partial charge in [-0.15, -0.1) is 0 Å². The van der Waals surface area contributed by atoms with E-state index >= 15 is 0 Å². The van der Waals surface area contributed by atoms with Gasteiger partial charge in [0.1, 0.15) is 17.1 Å². The number of carboxylic acids is 1. The first-order valence-corrected chi connectivity index (χ1v) is 9.90. The van der Waals surface area contributed by atoms with Gasteiger partial charge in [-0.3, -0.25) is 14.4 Å². The zero-order chi connectivity index (χ0) is 22.4. The first kappa shape index (κ1) is 20.1. The topological polar surface area (TPSA) is 171 Å². The van der Waals surface area contributed by atoms with E-state index in [4.69, 9.17) is 14.6 Å². The van der Waals surface area contributed by atoms with E-state index in [1.807, 2.05) is 0 Å². The molecule has 0 radical (unpaired) electrons. The average Bonchev–Trinajstić information content (AvgIpc) is 2.69. The SMILES string of the molecule is CC1OC2CC(O)C1(O)C1=C2C(=O)c2c(O)c3c(c(O)c2C1=O)CO[C@@H](CC(=O)O)C3. The molecule has 4 unspecified atom stereocenters. The predicted octanol–water partition coefficient (Wildman–Crippen LogP) is -0.0276. The maximum atomic E-state index is 13.4. The van der Waals surface area contributed by atoms with Gasteiger partial charge in [0, 0.05) is 35.1 Å². The molecule has 5 N–H and O–H groups in total. The van der Waals surface area contributed by atoms with E-state index in [1.54, 1.807) is 0 Å². The van der Waals surface area contributed by atoms with Crippen LogP contribution in [0.15, 0.2) is 11.1 Å². The summed E-state index contributed by atoms with van der Waals surface area (Å²) in [5.41, 5.74) is -3.21. The Bertz CT molecular complexity index is 1090. The number of aliphatic hydroxyl groups excluding tert-OH is 1. The highest BCUT2D eigenvalue weighted by molar-refractivity contribution is 6.30. The number of aliphatic carboxylic acids is 1. The van der Waals surface area contributed by atoms with Gasteiger partial charge in [0.2, 0.25) is 0 Å². The minimum absolute atomic E-state index is 0.0682. The summed E-state index contributed by atoms with van der Waals surface area (Å²) in [6.45, 7) is 1.22. The number of ketones is 2. The number of hydrogen-bond donors (Lipinski definition) is 5. The fourth-order valence-electron chi connectivity index (χ4n) is 5.27. The highest BCUT2D eigenvalue weighted by Crippen LogP contribution is 2.53. The largest absolute Gasteiger partial charge is 0.507 e. The van der Waals surface area contributed by atoms with Gasteiger partial charge in [-0.05, 0) is 6.92 Å². The van der Waals surface area contributed by atoms with Crippen LogP contribution in [0.2, 0.25) is 0 Å². The van der Waals surface area contributed by atoms with Crippen molar-refractivity contribution in [3.8, 4) is 11.5 Å². The Balaban J connectivity index is 1.70. The van der Waals surface area contributed by atoms with Crippen molar-refractivity contribution in [1.82, 2.24) is 0 Å². The molecule has 3 heterocycles. The van der Waals surface area contributed by atoms with Crippen molar-refractivity contribution in [2.45, 2.75) is 62.8 Å². The van der Waals surface area contributed by atoms with Crippen molar-refractivity contribution in [2.24, 2.45) is 0 Å². The number of Topliss-reactive ketones (excluding diaryl/α,β-unsaturated/α-hetero) is 2. The number of hydrogen-bond acceptors (Lipinski definition) is 9. The Morgan fingerprint density at radius 1 is 1.13 bits per heavy atom. The van der Waals surface area contributed by atoms with Gasteiger partial charge in [0.15, 0.2) is 11.6 Å². The summed E-state index contributed by atoms with van der Waals surface area (Å²) in [7, 11) is 0. The van der Waals surface area contributed by atoms with Crippen molar-refractivity contribution in [3.05, 3.63) is 33.4 Å². The Morgan fingerprint density at radius 3 is 2.42 bits per heavy atom. The maximum Gasteiger partial charge on any atom is 0.305 e. The van der Waals surface area contributed by atoms with Gasteiger partial charge in [-0.25, -0.2) is 0 Å². The van der Waals surface area contributed by atoms with E-state index in [0.29, 0.717) is 0 Å². The quantitative estimate of drug-likeness (QED) is 0.400. The van der Waals surface area contributed by atoms with E-state index in [1.165, 1.54) is 6.92 Å². The molecule has 2 aliphatic carbocycles. The molecule has 5 aliphatic rings. The molecule has 1 saturated heterocycles. The van der Waals surface area contributed by atoms with Gasteiger partial charge in [0.05, 0.1) is 48.6 Å². The molecule has 10 heteroatoms. The highest BCUT2D eigenvalue weighted by atomic mass is 16.5. The summed E-state index contributed by atoms with van der Waals surface area (Å²) < 4.78 is 11.1. The number of benzene rings is 1. The molecule has 5 atom stereocenters. The van der Waals surface area contributed by atoms with Crippen LogP contribution in [0.1, 0.15) is 51.6 Å². The Kier molecular flexibility index (Phi) is 4.13. The number of ether oxygens (including phenoxy) is 2. The fraction of sp³-hybridized carbons (Fsp3) is 0.476. The van der Waals surface area contributed by atoms with Crippen molar-refractivity contribution >= 4 is 17.5 Å². The number of rotatable bonds is 2. The van der Waals surface area contributed by atoms with Crippen LogP contribution >= 0.6 is 0 Å². The second-order valence-corrected chi connectivity index (χ2v) is 8.43. The molecule has 0 spiro atoms.